The average Bonchev–Trinajstić information content (AvgIpc) is 3.41. The predicted octanol–water partition coefficient (Wildman–Crippen LogP) is 3.62. The van der Waals surface area contributed by atoms with E-state index in [0.717, 1.165) is 34.4 Å². The summed E-state index contributed by atoms with van der Waals surface area (Å²) < 4.78 is 12.6. The number of thioether (sulfide) groups is 1. The van der Waals surface area contributed by atoms with E-state index in [1.54, 1.807) is 24.2 Å². The van der Waals surface area contributed by atoms with Gasteiger partial charge in [0.25, 0.3) is 5.91 Å². The molecule has 0 atom stereocenters. The number of aryl methyl sites for hydroxylation is 1. The number of carbonyl (C=O) groups is 2. The monoisotopic (exact) mass is 540 g/mol. The van der Waals surface area contributed by atoms with Gasteiger partial charge in [-0.2, -0.15) is 15.1 Å². The highest BCUT2D eigenvalue weighted by Gasteiger charge is 2.36. The highest BCUT2D eigenvalue weighted by molar-refractivity contribution is 8.27. The number of hydrazone groups is 1. The topological polar surface area (TPSA) is 113 Å². The number of ether oxygens (including phenoxy) is 2. The predicted molar refractivity (Wildman–Crippen MR) is 144 cm³/mol. The van der Waals surface area contributed by atoms with Crippen molar-refractivity contribution in [2.45, 2.75) is 20.3 Å². The van der Waals surface area contributed by atoms with Crippen LogP contribution in [0.15, 0.2) is 39.9 Å². The van der Waals surface area contributed by atoms with Gasteiger partial charge in [-0.25, -0.2) is 0 Å². The van der Waals surface area contributed by atoms with E-state index in [9.17, 15) is 9.59 Å². The minimum absolute atomic E-state index is 0.0605. The third-order valence-corrected chi connectivity index (χ3v) is 7.53. The number of nitrogens with one attached hydrogen (secondary N) is 1. The van der Waals surface area contributed by atoms with Crippen LogP contribution in [0.3, 0.4) is 0 Å². The summed E-state index contributed by atoms with van der Waals surface area (Å²) in [6, 6.07) is 7.46. The Kier molecular flexibility index (Phi) is 6.93. The maximum Gasteiger partial charge on any atom is 0.283 e. The molecule has 0 bridgehead atoms. The normalized spacial score (nSPS) is 18.8. The van der Waals surface area contributed by atoms with Crippen LogP contribution < -0.4 is 4.74 Å². The number of aromatic nitrogens is 1. The van der Waals surface area contributed by atoms with Gasteiger partial charge >= 0.3 is 0 Å². The molecule has 1 fully saturated rings. The summed E-state index contributed by atoms with van der Waals surface area (Å²) >= 11 is 7.48. The van der Waals surface area contributed by atoms with Crippen LogP contribution >= 0.6 is 23.4 Å². The summed E-state index contributed by atoms with van der Waals surface area (Å²) in [5.41, 5.74) is 3.56. The molecule has 2 aromatic rings. The Labute approximate surface area is 223 Å². The SMILES string of the molecule is COc1ccc(-n2c(C)cc(C=C3C(=N)N4N=C(CC(=O)N5CCOCC5)SC4=NC3=O)c2C)cc1Cl. The number of methoxy groups -OCH3 is 1. The molecule has 0 spiro atoms. The van der Waals surface area contributed by atoms with Crippen LogP contribution in [0.4, 0.5) is 0 Å². The van der Waals surface area contributed by atoms with Gasteiger partial charge < -0.3 is 18.9 Å². The first-order valence-corrected chi connectivity index (χ1v) is 12.8. The van der Waals surface area contributed by atoms with Gasteiger partial charge in [-0.1, -0.05) is 11.6 Å². The molecule has 0 unspecified atom stereocenters. The maximum absolute atomic E-state index is 12.9. The van der Waals surface area contributed by atoms with Crippen molar-refractivity contribution >= 4 is 57.3 Å². The second kappa shape index (κ2) is 10.2. The van der Waals surface area contributed by atoms with Crippen molar-refractivity contribution in [1.29, 1.82) is 5.41 Å². The minimum atomic E-state index is -0.517. The number of hydrogen-bond donors (Lipinski definition) is 1. The van der Waals surface area contributed by atoms with Gasteiger partial charge in [0.1, 0.15) is 10.8 Å². The number of aliphatic imine (C=N–C) groups is 1. The Morgan fingerprint density at radius 2 is 2.03 bits per heavy atom. The summed E-state index contributed by atoms with van der Waals surface area (Å²) in [4.78, 5) is 31.4. The Morgan fingerprint density at radius 3 is 2.73 bits per heavy atom. The number of morpholine rings is 1. The first-order chi connectivity index (χ1) is 17.8. The van der Waals surface area contributed by atoms with Crippen LogP contribution in [0.25, 0.3) is 11.8 Å². The van der Waals surface area contributed by atoms with E-state index in [4.69, 9.17) is 26.5 Å². The quantitative estimate of drug-likeness (QED) is 0.580. The molecule has 5 rings (SSSR count). The average molecular weight is 541 g/mol. The van der Waals surface area contributed by atoms with Crippen LogP contribution in [-0.2, 0) is 14.3 Å². The molecule has 3 aliphatic rings. The molecule has 2 amide bonds. The van der Waals surface area contributed by atoms with Crippen molar-refractivity contribution in [3.05, 3.63) is 51.8 Å². The minimum Gasteiger partial charge on any atom is -0.495 e. The zero-order chi connectivity index (χ0) is 26.3. The lowest BCUT2D eigenvalue weighted by Crippen LogP contribution is -2.41. The van der Waals surface area contributed by atoms with Crippen LogP contribution in [0.2, 0.25) is 5.02 Å². The molecule has 1 aromatic carbocycles. The van der Waals surface area contributed by atoms with Gasteiger partial charge in [-0.3, -0.25) is 15.0 Å². The number of carbonyl (C=O) groups excluding carboxylic acids is 2. The smallest absolute Gasteiger partial charge is 0.283 e. The van der Waals surface area contributed by atoms with E-state index in [2.05, 4.69) is 10.1 Å². The van der Waals surface area contributed by atoms with E-state index in [1.807, 2.05) is 36.6 Å². The number of hydrogen-bond acceptors (Lipinski definition) is 7. The van der Waals surface area contributed by atoms with Gasteiger partial charge in [-0.05, 0) is 61.5 Å². The summed E-state index contributed by atoms with van der Waals surface area (Å²) in [6.07, 6.45) is 1.75. The van der Waals surface area contributed by atoms with Crippen molar-refractivity contribution in [2.24, 2.45) is 10.1 Å². The molecule has 0 radical (unpaired) electrons. The number of amidine groups is 2. The largest absolute Gasteiger partial charge is 0.495 e. The van der Waals surface area contributed by atoms with Crippen molar-refractivity contribution in [1.82, 2.24) is 14.5 Å². The van der Waals surface area contributed by atoms with Crippen molar-refractivity contribution in [3.63, 3.8) is 0 Å². The number of amides is 2. The van der Waals surface area contributed by atoms with Gasteiger partial charge in [0.05, 0.1) is 37.3 Å². The molecular formula is C25H25ClN6O4S. The van der Waals surface area contributed by atoms with Crippen LogP contribution in [-0.4, -0.2) is 75.8 Å². The van der Waals surface area contributed by atoms with E-state index in [-0.39, 0.29) is 28.9 Å². The molecule has 4 heterocycles. The standard InChI is InChI=1S/C25H25ClN6O4S/c1-14-10-16(15(2)31(14)17-4-5-20(35-3)19(26)12-17)11-18-23(27)32-25(28-24(18)34)37-21(29-32)13-22(33)30-6-8-36-9-7-30/h4-5,10-12,27H,6-9,13H2,1-3H3. The molecular weight excluding hydrogens is 516 g/mol. The molecule has 12 heteroatoms. The van der Waals surface area contributed by atoms with Crippen molar-refractivity contribution in [2.75, 3.05) is 33.4 Å². The molecule has 0 saturated carbocycles. The Morgan fingerprint density at radius 1 is 1.27 bits per heavy atom. The van der Waals surface area contributed by atoms with E-state index in [0.29, 0.717) is 42.1 Å². The molecule has 1 saturated heterocycles. The summed E-state index contributed by atoms with van der Waals surface area (Å²) in [5, 5.41) is 15.7. The Balaban J connectivity index is 1.40. The Hall–Kier alpha value is -3.41. The van der Waals surface area contributed by atoms with E-state index >= 15 is 0 Å². The highest BCUT2D eigenvalue weighted by atomic mass is 35.5. The fraction of sp³-hybridized carbons (Fsp3) is 0.320. The van der Waals surface area contributed by atoms with Gasteiger partial charge in [0.2, 0.25) is 11.1 Å². The number of nitrogens with zero attached hydrogens (tertiary/aromatic N) is 5. The zero-order valence-electron chi connectivity index (χ0n) is 20.6. The highest BCUT2D eigenvalue weighted by Crippen LogP contribution is 2.32. The van der Waals surface area contributed by atoms with Crippen LogP contribution in [0.1, 0.15) is 23.4 Å². The fourth-order valence-corrected chi connectivity index (χ4v) is 5.57. The summed E-state index contributed by atoms with van der Waals surface area (Å²) in [5.74, 6) is -0.0690. The van der Waals surface area contributed by atoms with Crippen molar-refractivity contribution < 1.29 is 19.1 Å². The lowest BCUT2D eigenvalue weighted by Gasteiger charge is -2.26. The van der Waals surface area contributed by atoms with Gasteiger partial charge in [-0.15, -0.1) is 0 Å². The first kappa shape index (κ1) is 25.2. The lowest BCUT2D eigenvalue weighted by atomic mass is 10.1. The number of halogens is 1. The number of rotatable bonds is 5. The van der Waals surface area contributed by atoms with Crippen LogP contribution in [0.5, 0.6) is 5.75 Å². The molecule has 1 N–H and O–H groups in total. The molecule has 37 heavy (non-hydrogen) atoms. The molecule has 1 aromatic heterocycles. The summed E-state index contributed by atoms with van der Waals surface area (Å²) in [7, 11) is 1.56. The van der Waals surface area contributed by atoms with E-state index < -0.39 is 5.91 Å². The Bertz CT molecular complexity index is 1410. The maximum atomic E-state index is 12.9. The lowest BCUT2D eigenvalue weighted by molar-refractivity contribution is -0.133. The van der Waals surface area contributed by atoms with Gasteiger partial charge in [0, 0.05) is 30.2 Å². The summed E-state index contributed by atoms with van der Waals surface area (Å²) in [6.45, 7) is 6.01. The van der Waals surface area contributed by atoms with Gasteiger partial charge in [0.15, 0.2) is 5.84 Å². The second-order valence-corrected chi connectivity index (χ2v) is 10.1. The zero-order valence-corrected chi connectivity index (χ0v) is 22.1. The second-order valence-electron chi connectivity index (χ2n) is 8.66. The molecule has 10 nitrogen and oxygen atoms in total. The van der Waals surface area contributed by atoms with Crippen LogP contribution in [0, 0.1) is 19.3 Å². The number of fused-ring (bicyclic) bond motifs is 1. The van der Waals surface area contributed by atoms with E-state index in [1.165, 1.54) is 5.01 Å². The third-order valence-electron chi connectivity index (χ3n) is 6.33. The number of benzene rings is 1. The molecule has 0 aliphatic carbocycles. The van der Waals surface area contributed by atoms with Crippen molar-refractivity contribution in [3.8, 4) is 11.4 Å². The first-order valence-electron chi connectivity index (χ1n) is 11.6. The third kappa shape index (κ3) is 4.81. The fourth-order valence-electron chi connectivity index (χ4n) is 4.44. The molecule has 3 aliphatic heterocycles. The molecule has 192 valence electrons.